The van der Waals surface area contributed by atoms with Crippen LogP contribution < -0.4 is 4.74 Å². The van der Waals surface area contributed by atoms with Crippen molar-refractivity contribution < 1.29 is 4.74 Å². The molecule has 0 spiro atoms. The number of rotatable bonds is 4. The Morgan fingerprint density at radius 3 is 2.38 bits per heavy atom. The first kappa shape index (κ1) is 14.0. The predicted octanol–water partition coefficient (Wildman–Crippen LogP) is 5.13. The van der Waals surface area contributed by atoms with E-state index < -0.39 is 0 Å². The van der Waals surface area contributed by atoms with Gasteiger partial charge >= 0.3 is 0 Å². The van der Waals surface area contributed by atoms with Crippen LogP contribution in [0.25, 0.3) is 5.69 Å². The van der Waals surface area contributed by atoms with Crippen molar-refractivity contribution in [2.75, 3.05) is 0 Å². The highest BCUT2D eigenvalue weighted by Crippen LogP contribution is 2.20. The number of ether oxygens (including phenoxy) is 1. The zero-order valence-corrected chi connectivity index (χ0v) is 13.4. The number of aryl methyl sites for hydroxylation is 1. The maximum absolute atomic E-state index is 5.83. The highest BCUT2D eigenvalue weighted by atomic mass is 79.9. The van der Waals surface area contributed by atoms with Crippen molar-refractivity contribution in [2.45, 2.75) is 13.5 Å². The lowest BCUT2D eigenvalue weighted by atomic mass is 10.1. The van der Waals surface area contributed by atoms with Crippen molar-refractivity contribution >= 4 is 15.9 Å². The summed E-state index contributed by atoms with van der Waals surface area (Å²) in [7, 11) is 0. The van der Waals surface area contributed by atoms with Crippen LogP contribution in [0.5, 0.6) is 5.75 Å². The third-order valence-electron chi connectivity index (χ3n) is 3.37. The molecule has 0 atom stereocenters. The van der Waals surface area contributed by atoms with E-state index in [-0.39, 0.29) is 0 Å². The molecule has 0 aliphatic carbocycles. The highest BCUT2D eigenvalue weighted by molar-refractivity contribution is 9.10. The van der Waals surface area contributed by atoms with E-state index in [1.54, 1.807) is 0 Å². The highest BCUT2D eigenvalue weighted by Gasteiger charge is 2.00. The van der Waals surface area contributed by atoms with Crippen LogP contribution in [0.15, 0.2) is 71.5 Å². The Morgan fingerprint density at radius 1 is 1.00 bits per heavy atom. The summed E-state index contributed by atoms with van der Waals surface area (Å²) in [5.41, 5.74) is 3.52. The smallest absolute Gasteiger partial charge is 0.119 e. The van der Waals surface area contributed by atoms with E-state index in [4.69, 9.17) is 4.74 Å². The Balaban J connectivity index is 1.66. The number of hydrogen-bond donors (Lipinski definition) is 0. The number of halogens is 1. The summed E-state index contributed by atoms with van der Waals surface area (Å²) in [5, 5.41) is 0. The fraction of sp³-hybridized carbons (Fsp3) is 0.111. The Hall–Kier alpha value is -2.00. The fourth-order valence-corrected chi connectivity index (χ4v) is 2.43. The molecule has 0 N–H and O–H groups in total. The lowest BCUT2D eigenvalue weighted by molar-refractivity contribution is 0.306. The summed E-state index contributed by atoms with van der Waals surface area (Å²) in [6.45, 7) is 2.66. The molecule has 2 aromatic carbocycles. The second-order valence-corrected chi connectivity index (χ2v) is 5.81. The molecule has 0 fully saturated rings. The van der Waals surface area contributed by atoms with Crippen molar-refractivity contribution in [3.63, 3.8) is 0 Å². The molecule has 106 valence electrons. The van der Waals surface area contributed by atoms with Crippen molar-refractivity contribution in [1.29, 1.82) is 0 Å². The SMILES string of the molecule is Cc1cc(COc2ccc(-n3cccc3)cc2)ccc1Br. The normalized spacial score (nSPS) is 10.6. The molecule has 21 heavy (non-hydrogen) atoms. The van der Waals surface area contributed by atoms with Gasteiger partial charge in [0.15, 0.2) is 0 Å². The van der Waals surface area contributed by atoms with Gasteiger partial charge in [-0.1, -0.05) is 28.1 Å². The number of benzene rings is 2. The number of aromatic nitrogens is 1. The van der Waals surface area contributed by atoms with Gasteiger partial charge in [0.05, 0.1) is 0 Å². The van der Waals surface area contributed by atoms with E-state index in [2.05, 4.69) is 57.8 Å². The minimum atomic E-state index is 0.580. The van der Waals surface area contributed by atoms with Crippen molar-refractivity contribution in [3.05, 3.63) is 82.6 Å². The van der Waals surface area contributed by atoms with Crippen LogP contribution in [0.1, 0.15) is 11.1 Å². The zero-order valence-electron chi connectivity index (χ0n) is 11.8. The van der Waals surface area contributed by atoms with Crippen LogP contribution in [0.3, 0.4) is 0 Å². The Bertz CT molecular complexity index is 717. The summed E-state index contributed by atoms with van der Waals surface area (Å²) < 4.78 is 9.03. The van der Waals surface area contributed by atoms with Crippen LogP contribution in [0, 0.1) is 6.92 Å². The molecule has 0 saturated carbocycles. The molecule has 0 unspecified atom stereocenters. The molecular weight excluding hydrogens is 326 g/mol. The quantitative estimate of drug-likeness (QED) is 0.641. The van der Waals surface area contributed by atoms with Gasteiger partial charge in [-0.15, -0.1) is 0 Å². The molecule has 1 heterocycles. The summed E-state index contributed by atoms with van der Waals surface area (Å²) in [4.78, 5) is 0. The van der Waals surface area contributed by atoms with E-state index in [0.717, 1.165) is 15.9 Å². The average molecular weight is 342 g/mol. The maximum atomic E-state index is 5.83. The third-order valence-corrected chi connectivity index (χ3v) is 4.26. The van der Waals surface area contributed by atoms with Gasteiger partial charge < -0.3 is 9.30 Å². The van der Waals surface area contributed by atoms with Gasteiger partial charge in [0.2, 0.25) is 0 Å². The summed E-state index contributed by atoms with van der Waals surface area (Å²) in [6, 6.07) is 18.4. The van der Waals surface area contributed by atoms with Crippen LogP contribution in [-0.2, 0) is 6.61 Å². The van der Waals surface area contributed by atoms with Gasteiger partial charge in [-0.3, -0.25) is 0 Å². The van der Waals surface area contributed by atoms with E-state index in [0.29, 0.717) is 6.61 Å². The van der Waals surface area contributed by atoms with E-state index in [1.807, 2.05) is 36.7 Å². The first-order chi connectivity index (χ1) is 10.2. The maximum Gasteiger partial charge on any atom is 0.119 e. The first-order valence-electron chi connectivity index (χ1n) is 6.83. The van der Waals surface area contributed by atoms with E-state index >= 15 is 0 Å². The Labute approximate surface area is 133 Å². The summed E-state index contributed by atoms with van der Waals surface area (Å²) in [6.07, 6.45) is 4.06. The minimum absolute atomic E-state index is 0.580. The lowest BCUT2D eigenvalue weighted by Crippen LogP contribution is -1.96. The van der Waals surface area contributed by atoms with Crippen LogP contribution in [-0.4, -0.2) is 4.57 Å². The van der Waals surface area contributed by atoms with Gasteiger partial charge in [-0.05, 0) is 60.5 Å². The average Bonchev–Trinajstić information content (AvgIpc) is 3.03. The monoisotopic (exact) mass is 341 g/mol. The molecule has 0 aliphatic rings. The van der Waals surface area contributed by atoms with Gasteiger partial charge in [0.1, 0.15) is 12.4 Å². The summed E-state index contributed by atoms with van der Waals surface area (Å²) >= 11 is 3.51. The predicted molar refractivity (Wildman–Crippen MR) is 89.0 cm³/mol. The largest absolute Gasteiger partial charge is 0.489 e. The number of hydrogen-bond acceptors (Lipinski definition) is 1. The Kier molecular flexibility index (Phi) is 4.11. The molecule has 0 saturated heterocycles. The van der Waals surface area contributed by atoms with Crippen molar-refractivity contribution in [3.8, 4) is 11.4 Å². The molecule has 3 heteroatoms. The number of nitrogens with zero attached hydrogens (tertiary/aromatic N) is 1. The molecule has 0 bridgehead atoms. The second kappa shape index (κ2) is 6.19. The molecular formula is C18H16BrNO. The van der Waals surface area contributed by atoms with E-state index in [1.165, 1.54) is 11.1 Å². The lowest BCUT2D eigenvalue weighted by Gasteiger charge is -2.09. The zero-order chi connectivity index (χ0) is 14.7. The molecule has 0 aliphatic heterocycles. The fourth-order valence-electron chi connectivity index (χ4n) is 2.18. The van der Waals surface area contributed by atoms with Gasteiger partial charge in [0, 0.05) is 22.6 Å². The topological polar surface area (TPSA) is 14.2 Å². The minimum Gasteiger partial charge on any atom is -0.489 e. The van der Waals surface area contributed by atoms with Crippen LogP contribution in [0.4, 0.5) is 0 Å². The van der Waals surface area contributed by atoms with E-state index in [9.17, 15) is 0 Å². The molecule has 2 nitrogen and oxygen atoms in total. The third kappa shape index (κ3) is 3.37. The molecule has 3 rings (SSSR count). The van der Waals surface area contributed by atoms with Crippen LogP contribution in [0.2, 0.25) is 0 Å². The van der Waals surface area contributed by atoms with Crippen molar-refractivity contribution in [2.24, 2.45) is 0 Å². The molecule has 0 radical (unpaired) electrons. The summed E-state index contributed by atoms with van der Waals surface area (Å²) in [5.74, 6) is 0.881. The second-order valence-electron chi connectivity index (χ2n) is 4.96. The Morgan fingerprint density at radius 2 is 1.71 bits per heavy atom. The first-order valence-corrected chi connectivity index (χ1v) is 7.63. The van der Waals surface area contributed by atoms with Crippen molar-refractivity contribution in [1.82, 2.24) is 4.57 Å². The molecule has 0 amide bonds. The molecule has 1 aromatic heterocycles. The van der Waals surface area contributed by atoms with Gasteiger partial charge in [-0.2, -0.15) is 0 Å². The standard InChI is InChI=1S/C18H16BrNO/c1-14-12-15(4-9-18(14)19)13-21-17-7-5-16(6-8-17)20-10-2-3-11-20/h2-12H,13H2,1H3. The van der Waals surface area contributed by atoms with Gasteiger partial charge in [0.25, 0.3) is 0 Å². The van der Waals surface area contributed by atoms with Gasteiger partial charge in [-0.25, -0.2) is 0 Å². The van der Waals surface area contributed by atoms with Crippen LogP contribution >= 0.6 is 15.9 Å². The molecule has 3 aromatic rings.